The van der Waals surface area contributed by atoms with E-state index in [-0.39, 0.29) is 50.3 Å². The molecule has 0 radical (unpaired) electrons. The minimum Gasteiger partial charge on any atom is -0.172 e. The van der Waals surface area contributed by atoms with Crippen LogP contribution in [-0.2, 0) is 12.4 Å². The van der Waals surface area contributed by atoms with Crippen molar-refractivity contribution in [3.05, 3.63) is 112 Å². The zero-order chi connectivity index (χ0) is 40.0. The number of nitrogens with zero attached hydrogens (tertiary/aromatic N) is 4. The Morgan fingerprint density at radius 2 is 0.964 bits per heavy atom. The Bertz CT molecular complexity index is 2830. The molecule has 4 nitrogen and oxygen atoms in total. The maximum Gasteiger partial charge on any atom is 0.416 e. The van der Waals surface area contributed by atoms with E-state index in [0.717, 1.165) is 6.92 Å². The number of halogens is 12. The van der Waals surface area contributed by atoms with Crippen molar-refractivity contribution < 1.29 is 52.7 Å². The molecule has 2 unspecified atom stereocenters. The van der Waals surface area contributed by atoms with E-state index < -0.39 is 58.8 Å². The van der Waals surface area contributed by atoms with Gasteiger partial charge in [-0.05, 0) is 98.3 Å². The SMILES string of the molecule is CC1C(c2ccc3c(c2)/c(=N\C#N)c2cc4c(cc23)/c(=N/C#N)c2cc(-c3cc(C(F)(F)F)cc(C(F)(F)F)c3)ccc24)=CC(C(F)(F)F)=CC1C(F)(F)F. The van der Waals surface area contributed by atoms with Crippen LogP contribution in [0.15, 0.2) is 94.4 Å². The Hall–Kier alpha value is -6.16. The molecular formula is C39H18F12N4. The molecule has 0 spiro atoms. The average Bonchev–Trinajstić information content (AvgIpc) is 3.56. The van der Waals surface area contributed by atoms with Gasteiger partial charge in [-0.25, -0.2) is 0 Å². The van der Waals surface area contributed by atoms with E-state index in [2.05, 4.69) is 9.98 Å². The van der Waals surface area contributed by atoms with Crippen molar-refractivity contribution in [2.24, 2.45) is 21.8 Å². The number of benzene rings is 4. The predicted molar refractivity (Wildman–Crippen MR) is 177 cm³/mol. The standard InChI is InChI=1S/C39H18F12N4/c1-17-26(11-23(38(46,47)48)12-33(17)39(49,50)51)19-3-5-25-28-14-31-27(13-32(28)35(55-16-53)30(25)9-19)24-4-2-18(8-29(24)34(31)54-15-52)20-6-21(36(40,41)42)10-22(7-20)37(43,44)45/h2-14,17,33H,1H3/b54-34+,55-35+. The smallest absolute Gasteiger partial charge is 0.172 e. The highest BCUT2D eigenvalue weighted by Crippen LogP contribution is 2.47. The highest BCUT2D eigenvalue weighted by molar-refractivity contribution is 6.21. The topological polar surface area (TPSA) is 72.3 Å². The van der Waals surface area contributed by atoms with Gasteiger partial charge in [0.2, 0.25) is 12.4 Å². The third kappa shape index (κ3) is 6.35. The molecule has 1 aliphatic rings. The Kier molecular flexibility index (Phi) is 8.41. The van der Waals surface area contributed by atoms with E-state index in [0.29, 0.717) is 50.5 Å². The summed E-state index contributed by atoms with van der Waals surface area (Å²) in [6.45, 7) is 1.16. The van der Waals surface area contributed by atoms with Crippen LogP contribution < -0.4 is 10.7 Å². The maximum atomic E-state index is 13.9. The lowest BCUT2D eigenvalue weighted by atomic mass is 9.77. The van der Waals surface area contributed by atoms with Crippen LogP contribution in [0, 0.1) is 34.7 Å². The van der Waals surface area contributed by atoms with Crippen molar-refractivity contribution in [2.45, 2.75) is 31.6 Å². The molecule has 0 N–H and O–H groups in total. The summed E-state index contributed by atoms with van der Waals surface area (Å²) in [6.07, 6.45) is -16.1. The first kappa shape index (κ1) is 37.2. The van der Waals surface area contributed by atoms with Gasteiger partial charge in [0.15, 0.2) is 0 Å². The van der Waals surface area contributed by atoms with E-state index in [1.165, 1.54) is 36.4 Å². The summed E-state index contributed by atoms with van der Waals surface area (Å²) in [4.78, 5) is 7.84. The molecule has 0 fully saturated rings. The molecule has 16 heteroatoms. The van der Waals surface area contributed by atoms with Crippen molar-refractivity contribution in [1.82, 2.24) is 0 Å². The zero-order valence-electron chi connectivity index (χ0n) is 27.5. The minimum absolute atomic E-state index is 0.000744. The third-order valence-electron chi connectivity index (χ3n) is 9.78. The highest BCUT2D eigenvalue weighted by atomic mass is 19.4. The Balaban J connectivity index is 1.46. The summed E-state index contributed by atoms with van der Waals surface area (Å²) in [5, 5.41) is 21.9. The summed E-state index contributed by atoms with van der Waals surface area (Å²) >= 11 is 0. The molecule has 2 atom stereocenters. The number of allylic oxidation sites excluding steroid dienone is 4. The van der Waals surface area contributed by atoms with Crippen LogP contribution in [-0.4, -0.2) is 12.4 Å². The first-order chi connectivity index (χ1) is 25.6. The van der Waals surface area contributed by atoms with Crippen LogP contribution in [0.25, 0.3) is 59.8 Å². The molecule has 6 aromatic rings. The molecule has 6 aromatic carbocycles. The third-order valence-corrected chi connectivity index (χ3v) is 9.78. The Labute approximate surface area is 300 Å². The zero-order valence-corrected chi connectivity index (χ0v) is 27.5. The second-order valence-electron chi connectivity index (χ2n) is 13.0. The van der Waals surface area contributed by atoms with Gasteiger partial charge in [-0.15, -0.1) is 0 Å². The summed E-state index contributed by atoms with van der Waals surface area (Å²) < 4.78 is 165. The molecule has 0 aromatic heterocycles. The van der Waals surface area contributed by atoms with Crippen molar-refractivity contribution in [2.75, 3.05) is 0 Å². The lowest BCUT2D eigenvalue weighted by molar-refractivity contribution is -0.169. The summed E-state index contributed by atoms with van der Waals surface area (Å²) in [6, 6.07) is 12.4. The molecule has 0 amide bonds. The number of hydrogen-bond donors (Lipinski definition) is 0. The molecule has 7 rings (SSSR count). The highest BCUT2D eigenvalue weighted by Gasteiger charge is 2.47. The minimum atomic E-state index is -5.10. The summed E-state index contributed by atoms with van der Waals surface area (Å²) in [5.41, 5.74) is -5.19. The average molecular weight is 771 g/mol. The number of hydrogen-bond acceptors (Lipinski definition) is 4. The van der Waals surface area contributed by atoms with E-state index in [9.17, 15) is 63.2 Å². The van der Waals surface area contributed by atoms with Crippen molar-refractivity contribution in [3.63, 3.8) is 0 Å². The van der Waals surface area contributed by atoms with E-state index >= 15 is 0 Å². The van der Waals surface area contributed by atoms with Crippen molar-refractivity contribution >= 4 is 48.7 Å². The van der Waals surface area contributed by atoms with Gasteiger partial charge in [0.05, 0.1) is 33.3 Å². The Morgan fingerprint density at radius 3 is 1.40 bits per heavy atom. The van der Waals surface area contributed by atoms with Crippen LogP contribution in [0.2, 0.25) is 0 Å². The van der Waals surface area contributed by atoms with Gasteiger partial charge >= 0.3 is 24.7 Å². The van der Waals surface area contributed by atoms with Crippen LogP contribution in [0.1, 0.15) is 23.6 Å². The van der Waals surface area contributed by atoms with Crippen molar-refractivity contribution in [3.8, 4) is 23.5 Å². The van der Waals surface area contributed by atoms with Crippen LogP contribution >= 0.6 is 0 Å². The number of alkyl halides is 12. The quantitative estimate of drug-likeness (QED) is 0.130. The van der Waals surface area contributed by atoms with Gasteiger partial charge in [-0.3, -0.25) is 0 Å². The fourth-order valence-corrected chi connectivity index (χ4v) is 7.28. The molecule has 278 valence electrons. The molecular weight excluding hydrogens is 752 g/mol. The first-order valence-electron chi connectivity index (χ1n) is 15.9. The lowest BCUT2D eigenvalue weighted by Crippen LogP contribution is -2.32. The number of nitriles is 2. The second kappa shape index (κ2) is 12.4. The Morgan fingerprint density at radius 1 is 0.509 bits per heavy atom. The van der Waals surface area contributed by atoms with E-state index in [4.69, 9.17) is 0 Å². The fraction of sp³-hybridized carbons (Fsp3) is 0.179. The number of fused-ring (bicyclic) bond motifs is 6. The van der Waals surface area contributed by atoms with Gasteiger partial charge in [0.25, 0.3) is 0 Å². The molecule has 0 bridgehead atoms. The molecule has 0 aliphatic heterocycles. The second-order valence-corrected chi connectivity index (χ2v) is 13.0. The largest absolute Gasteiger partial charge is 0.416 e. The van der Waals surface area contributed by atoms with Gasteiger partial charge in [0.1, 0.15) is 0 Å². The normalized spacial score (nSPS) is 17.9. The van der Waals surface area contributed by atoms with Gasteiger partial charge in [0, 0.05) is 21.5 Å². The molecule has 0 heterocycles. The van der Waals surface area contributed by atoms with Gasteiger partial charge in [-0.1, -0.05) is 37.3 Å². The van der Waals surface area contributed by atoms with Crippen LogP contribution in [0.5, 0.6) is 0 Å². The monoisotopic (exact) mass is 770 g/mol. The summed E-state index contributed by atoms with van der Waals surface area (Å²) in [5.74, 6) is -3.86. The molecule has 1 aliphatic carbocycles. The first-order valence-corrected chi connectivity index (χ1v) is 15.9. The fourth-order valence-electron chi connectivity index (χ4n) is 7.28. The summed E-state index contributed by atoms with van der Waals surface area (Å²) in [7, 11) is 0. The number of rotatable bonds is 2. The van der Waals surface area contributed by atoms with Gasteiger partial charge in [-0.2, -0.15) is 73.2 Å². The molecule has 0 saturated carbocycles. The predicted octanol–water partition coefficient (Wildman–Crippen LogP) is 11.3. The van der Waals surface area contributed by atoms with Crippen molar-refractivity contribution in [1.29, 1.82) is 10.5 Å². The van der Waals surface area contributed by atoms with Crippen LogP contribution in [0.3, 0.4) is 0 Å². The van der Waals surface area contributed by atoms with E-state index in [1.54, 1.807) is 24.5 Å². The van der Waals surface area contributed by atoms with Crippen LogP contribution in [0.4, 0.5) is 52.7 Å². The molecule has 0 saturated heterocycles. The molecule has 55 heavy (non-hydrogen) atoms. The maximum absolute atomic E-state index is 13.9. The van der Waals surface area contributed by atoms with Gasteiger partial charge < -0.3 is 0 Å². The van der Waals surface area contributed by atoms with E-state index in [1.807, 2.05) is 0 Å². The lowest BCUT2D eigenvalue weighted by Gasteiger charge is -2.31.